The van der Waals surface area contributed by atoms with Crippen LogP contribution < -0.4 is 21.6 Å². The molecule has 0 spiro atoms. The maximum absolute atomic E-state index is 10.6. The van der Waals surface area contributed by atoms with Crippen LogP contribution in [0, 0.1) is 0 Å². The highest BCUT2D eigenvalue weighted by Crippen LogP contribution is 2.15. The first kappa shape index (κ1) is 12.9. The van der Waals surface area contributed by atoms with Gasteiger partial charge < -0.3 is 16.2 Å². The van der Waals surface area contributed by atoms with Gasteiger partial charge >= 0.3 is 0 Å². The predicted molar refractivity (Wildman–Crippen MR) is 68.6 cm³/mol. The van der Waals surface area contributed by atoms with Crippen molar-refractivity contribution < 1.29 is 9.53 Å². The summed E-state index contributed by atoms with van der Waals surface area (Å²) in [4.78, 5) is 10.6. The van der Waals surface area contributed by atoms with Gasteiger partial charge in [0.25, 0.3) is 5.91 Å². The molecule has 0 heterocycles. The first-order valence-corrected chi connectivity index (χ1v) is 5.09. The first-order chi connectivity index (χ1) is 8.09. The standard InChI is InChI=1S/C10H12N4O2S/c11-9(15)6-16-8-4-2-1-3-7(8)5-13-14-10(12)17/h1-5H,6H2,(H2,11,15)(H3,12,14,17). The highest BCUT2D eigenvalue weighted by atomic mass is 32.1. The Morgan fingerprint density at radius 1 is 1.47 bits per heavy atom. The molecular weight excluding hydrogens is 240 g/mol. The van der Waals surface area contributed by atoms with Gasteiger partial charge in [-0.15, -0.1) is 0 Å². The average molecular weight is 252 g/mol. The molecule has 17 heavy (non-hydrogen) atoms. The summed E-state index contributed by atoms with van der Waals surface area (Å²) in [5.74, 6) is -0.0437. The summed E-state index contributed by atoms with van der Waals surface area (Å²) in [6.07, 6.45) is 1.48. The summed E-state index contributed by atoms with van der Waals surface area (Å²) in [6, 6.07) is 7.04. The van der Waals surface area contributed by atoms with Crippen molar-refractivity contribution >= 4 is 29.5 Å². The van der Waals surface area contributed by atoms with E-state index in [1.807, 2.05) is 0 Å². The molecule has 0 atom stereocenters. The Morgan fingerprint density at radius 3 is 2.82 bits per heavy atom. The number of carbonyl (C=O) groups excluding carboxylic acids is 1. The molecule has 0 aliphatic heterocycles. The van der Waals surface area contributed by atoms with Gasteiger partial charge in [-0.25, -0.2) is 0 Å². The van der Waals surface area contributed by atoms with Crippen molar-refractivity contribution in [2.24, 2.45) is 16.6 Å². The molecule has 0 aliphatic rings. The molecule has 5 N–H and O–H groups in total. The summed E-state index contributed by atoms with van der Waals surface area (Å²) in [5.41, 5.74) is 13.3. The van der Waals surface area contributed by atoms with Crippen LogP contribution in [-0.2, 0) is 4.79 Å². The molecule has 6 nitrogen and oxygen atoms in total. The maximum Gasteiger partial charge on any atom is 0.255 e. The zero-order valence-corrected chi connectivity index (χ0v) is 9.74. The topological polar surface area (TPSA) is 103 Å². The van der Waals surface area contributed by atoms with E-state index in [1.54, 1.807) is 24.3 Å². The zero-order chi connectivity index (χ0) is 12.7. The van der Waals surface area contributed by atoms with Gasteiger partial charge in [0.05, 0.1) is 6.21 Å². The van der Waals surface area contributed by atoms with Gasteiger partial charge in [-0.3, -0.25) is 10.2 Å². The van der Waals surface area contributed by atoms with Gasteiger partial charge in [0, 0.05) is 5.56 Å². The van der Waals surface area contributed by atoms with E-state index in [2.05, 4.69) is 22.7 Å². The molecule has 0 bridgehead atoms. The monoisotopic (exact) mass is 252 g/mol. The second-order valence-corrected chi connectivity index (χ2v) is 3.47. The van der Waals surface area contributed by atoms with E-state index in [-0.39, 0.29) is 11.7 Å². The van der Waals surface area contributed by atoms with Crippen LogP contribution in [-0.4, -0.2) is 23.8 Å². The SMILES string of the molecule is NC(=O)COc1ccccc1C=NNC(N)=S. The molecule has 1 aromatic carbocycles. The third-order valence-electron chi connectivity index (χ3n) is 1.67. The van der Waals surface area contributed by atoms with E-state index in [0.717, 1.165) is 0 Å². The van der Waals surface area contributed by atoms with Crippen LogP contribution in [0.25, 0.3) is 0 Å². The van der Waals surface area contributed by atoms with E-state index in [0.29, 0.717) is 11.3 Å². The summed E-state index contributed by atoms with van der Waals surface area (Å²) >= 11 is 4.59. The van der Waals surface area contributed by atoms with E-state index < -0.39 is 5.91 Å². The van der Waals surface area contributed by atoms with Crippen molar-refractivity contribution in [2.45, 2.75) is 0 Å². The van der Waals surface area contributed by atoms with Gasteiger partial charge in [0.1, 0.15) is 5.75 Å². The van der Waals surface area contributed by atoms with Gasteiger partial charge in [-0.2, -0.15) is 5.10 Å². The Balaban J connectivity index is 2.73. The lowest BCUT2D eigenvalue weighted by molar-refractivity contribution is -0.119. The van der Waals surface area contributed by atoms with Crippen molar-refractivity contribution in [2.75, 3.05) is 6.61 Å². The average Bonchev–Trinajstić information content (AvgIpc) is 2.27. The van der Waals surface area contributed by atoms with Crippen molar-refractivity contribution in [3.8, 4) is 5.75 Å². The number of hydrazone groups is 1. The van der Waals surface area contributed by atoms with E-state index in [9.17, 15) is 4.79 Å². The number of carbonyl (C=O) groups is 1. The minimum atomic E-state index is -0.544. The lowest BCUT2D eigenvalue weighted by atomic mass is 10.2. The van der Waals surface area contributed by atoms with Crippen molar-refractivity contribution in [3.63, 3.8) is 0 Å². The smallest absolute Gasteiger partial charge is 0.255 e. The van der Waals surface area contributed by atoms with Crippen LogP contribution in [0.1, 0.15) is 5.56 Å². The van der Waals surface area contributed by atoms with E-state index in [1.165, 1.54) is 6.21 Å². The lowest BCUT2D eigenvalue weighted by Gasteiger charge is -2.06. The molecule has 1 aromatic rings. The fourth-order valence-corrected chi connectivity index (χ4v) is 1.09. The normalized spacial score (nSPS) is 10.1. The molecule has 0 saturated heterocycles. The van der Waals surface area contributed by atoms with Gasteiger partial charge in [-0.05, 0) is 24.4 Å². The highest BCUT2D eigenvalue weighted by molar-refractivity contribution is 7.80. The molecule has 1 rings (SSSR count). The summed E-state index contributed by atoms with van der Waals surface area (Å²) in [6.45, 7) is -0.187. The number of primary amides is 1. The van der Waals surface area contributed by atoms with Gasteiger partial charge in [0.15, 0.2) is 11.7 Å². The molecule has 0 radical (unpaired) electrons. The number of rotatable bonds is 5. The van der Waals surface area contributed by atoms with Gasteiger partial charge in [-0.1, -0.05) is 12.1 Å². The Kier molecular flexibility index (Phi) is 4.89. The second-order valence-electron chi connectivity index (χ2n) is 3.03. The Hall–Kier alpha value is -2.15. The number of benzene rings is 1. The summed E-state index contributed by atoms with van der Waals surface area (Å²) in [5, 5.41) is 3.86. The molecule has 0 unspecified atom stereocenters. The van der Waals surface area contributed by atoms with Crippen LogP contribution in [0.4, 0.5) is 0 Å². The fourth-order valence-electron chi connectivity index (χ4n) is 1.03. The third-order valence-corrected chi connectivity index (χ3v) is 1.76. The second kappa shape index (κ2) is 6.44. The van der Waals surface area contributed by atoms with Crippen LogP contribution >= 0.6 is 12.2 Å². The zero-order valence-electron chi connectivity index (χ0n) is 8.92. The van der Waals surface area contributed by atoms with Gasteiger partial charge in [0.2, 0.25) is 0 Å². The Bertz CT molecular complexity index is 448. The number of nitrogens with one attached hydrogen (secondary N) is 1. The number of nitrogens with zero attached hydrogens (tertiary/aromatic N) is 1. The van der Waals surface area contributed by atoms with Crippen LogP contribution in [0.5, 0.6) is 5.75 Å². The largest absolute Gasteiger partial charge is 0.483 e. The molecule has 0 aliphatic carbocycles. The molecule has 0 saturated carbocycles. The third kappa shape index (κ3) is 4.94. The van der Waals surface area contributed by atoms with E-state index >= 15 is 0 Å². The summed E-state index contributed by atoms with van der Waals surface area (Å²) in [7, 11) is 0. The quantitative estimate of drug-likeness (QED) is 0.380. The number of hydrogen-bond acceptors (Lipinski definition) is 4. The minimum absolute atomic E-state index is 0.0665. The van der Waals surface area contributed by atoms with Crippen LogP contribution in [0.15, 0.2) is 29.4 Å². The fraction of sp³-hybridized carbons (Fsp3) is 0.100. The number of thiocarbonyl (C=S) groups is 1. The first-order valence-electron chi connectivity index (χ1n) is 4.68. The molecule has 1 amide bonds. The number of nitrogens with two attached hydrogens (primary N) is 2. The minimum Gasteiger partial charge on any atom is -0.483 e. The summed E-state index contributed by atoms with van der Waals surface area (Å²) < 4.78 is 5.20. The number of hydrogen-bond donors (Lipinski definition) is 3. The highest BCUT2D eigenvalue weighted by Gasteiger charge is 2.02. The van der Waals surface area contributed by atoms with E-state index in [4.69, 9.17) is 16.2 Å². The molecule has 0 fully saturated rings. The van der Waals surface area contributed by atoms with Crippen molar-refractivity contribution in [3.05, 3.63) is 29.8 Å². The number of para-hydroxylation sites is 1. The molecule has 0 aromatic heterocycles. The Labute approximate surface area is 104 Å². The maximum atomic E-state index is 10.6. The molecule has 90 valence electrons. The molecule has 7 heteroatoms. The predicted octanol–water partition coefficient (Wildman–Crippen LogP) is -0.282. The molecular formula is C10H12N4O2S. The Morgan fingerprint density at radius 2 is 2.18 bits per heavy atom. The van der Waals surface area contributed by atoms with Crippen molar-refractivity contribution in [1.29, 1.82) is 0 Å². The van der Waals surface area contributed by atoms with Crippen LogP contribution in [0.3, 0.4) is 0 Å². The van der Waals surface area contributed by atoms with Crippen molar-refractivity contribution in [1.82, 2.24) is 5.43 Å². The number of amides is 1. The van der Waals surface area contributed by atoms with Crippen LogP contribution in [0.2, 0.25) is 0 Å². The lowest BCUT2D eigenvalue weighted by Crippen LogP contribution is -2.24. The number of ether oxygens (including phenoxy) is 1.